The summed E-state index contributed by atoms with van der Waals surface area (Å²) in [5.41, 5.74) is 9.86. The van der Waals surface area contributed by atoms with Crippen LogP contribution in [0, 0.1) is 0 Å². The van der Waals surface area contributed by atoms with E-state index in [1.165, 1.54) is 28.0 Å². The number of nitrogens with zero attached hydrogens (tertiary/aromatic N) is 5. The largest absolute Gasteiger partial charge is 0.448 e. The molecule has 2 amide bonds. The third kappa shape index (κ3) is 8.35. The molecule has 7 aromatic rings. The van der Waals surface area contributed by atoms with E-state index in [1.807, 2.05) is 152 Å². The van der Waals surface area contributed by atoms with Gasteiger partial charge in [-0.1, -0.05) is 203 Å². The van der Waals surface area contributed by atoms with Crippen molar-refractivity contribution in [2.24, 2.45) is 5.16 Å². The molecule has 0 saturated carbocycles. The van der Waals surface area contributed by atoms with Gasteiger partial charge in [0.25, 0.3) is 11.8 Å². The van der Waals surface area contributed by atoms with Crippen molar-refractivity contribution in [2.75, 3.05) is 5.73 Å². The zero-order chi connectivity index (χ0) is 43.3. The number of hydrogen-bond donors (Lipinski definition) is 2. The maximum absolute atomic E-state index is 14.7. The van der Waals surface area contributed by atoms with E-state index in [1.54, 1.807) is 5.51 Å². The highest BCUT2D eigenvalue weighted by molar-refractivity contribution is 8.04. The van der Waals surface area contributed by atoms with Crippen molar-refractivity contribution in [2.45, 2.75) is 41.0 Å². The lowest BCUT2D eigenvalue weighted by Crippen LogP contribution is -2.72. The number of oxime groups is 1. The van der Waals surface area contributed by atoms with Crippen LogP contribution in [0.15, 0.2) is 177 Å². The second-order valence-electron chi connectivity index (χ2n) is 14.4. The Balaban J connectivity index is 1.06. The molecule has 12 nitrogen and oxygen atoms in total. The zero-order valence-electron chi connectivity index (χ0n) is 33.1. The van der Waals surface area contributed by atoms with Crippen LogP contribution >= 0.6 is 46.0 Å². The number of β-lactam (4-membered cyclic amide) rings is 1. The van der Waals surface area contributed by atoms with Gasteiger partial charge >= 0.3 is 5.97 Å². The molecule has 0 aliphatic carbocycles. The summed E-state index contributed by atoms with van der Waals surface area (Å²) in [6, 6.07) is 45.7. The first-order valence-corrected chi connectivity index (χ1v) is 22.7. The van der Waals surface area contributed by atoms with Gasteiger partial charge in [-0.25, -0.2) is 9.78 Å². The van der Waals surface area contributed by atoms with Gasteiger partial charge in [0.2, 0.25) is 5.60 Å². The Morgan fingerprint density at radius 2 is 1.38 bits per heavy atom. The lowest BCUT2D eigenvalue weighted by Gasteiger charge is -2.50. The topological polar surface area (TPSA) is 162 Å². The number of fused-ring (bicyclic) bond motifs is 1. The smallest absolute Gasteiger partial charge is 0.356 e. The molecule has 1 fully saturated rings. The number of nitrogen functional groups attached to an aromatic ring is 1. The lowest BCUT2D eigenvalue weighted by molar-refractivity contribution is -0.158. The Morgan fingerprint density at radius 3 is 1.87 bits per heavy atom. The summed E-state index contributed by atoms with van der Waals surface area (Å²) < 4.78 is 7.03. The van der Waals surface area contributed by atoms with E-state index in [2.05, 4.69) is 25.7 Å². The van der Waals surface area contributed by atoms with Crippen LogP contribution in [0.5, 0.6) is 0 Å². The molecule has 4 heterocycles. The number of aromatic nitrogens is 3. The van der Waals surface area contributed by atoms with Gasteiger partial charge in [-0.3, -0.25) is 14.5 Å². The number of benzene rings is 5. The Morgan fingerprint density at radius 1 is 0.841 bits per heavy atom. The number of thiazole rings is 1. The Kier molecular flexibility index (Phi) is 12.2. The van der Waals surface area contributed by atoms with E-state index in [-0.39, 0.29) is 26.6 Å². The van der Waals surface area contributed by atoms with Crippen LogP contribution in [-0.4, -0.2) is 55.7 Å². The molecule has 2 aliphatic heterocycles. The van der Waals surface area contributed by atoms with E-state index in [9.17, 15) is 14.4 Å². The van der Waals surface area contributed by atoms with Crippen LogP contribution in [0.4, 0.5) is 5.13 Å². The highest BCUT2D eigenvalue weighted by Crippen LogP contribution is 2.45. The summed E-state index contributed by atoms with van der Waals surface area (Å²) in [5, 5.41) is 15.7. The molecule has 16 heteroatoms. The van der Waals surface area contributed by atoms with Crippen LogP contribution in [0.3, 0.4) is 0 Å². The molecule has 0 radical (unpaired) electrons. The number of anilines is 1. The van der Waals surface area contributed by atoms with Gasteiger partial charge in [0.15, 0.2) is 21.3 Å². The van der Waals surface area contributed by atoms with Gasteiger partial charge in [0, 0.05) is 21.6 Å². The van der Waals surface area contributed by atoms with Gasteiger partial charge in [0.05, 0.1) is 6.04 Å². The van der Waals surface area contributed by atoms with Crippen LogP contribution < -0.4 is 11.1 Å². The summed E-state index contributed by atoms with van der Waals surface area (Å²) >= 11 is 10.2. The zero-order valence-corrected chi connectivity index (χ0v) is 36.3. The van der Waals surface area contributed by atoms with Gasteiger partial charge in [0.1, 0.15) is 27.3 Å². The molecule has 0 bridgehead atoms. The molecular formula is C47H36ClN7O5S3. The number of amides is 2. The molecule has 1 unspecified atom stereocenters. The SMILES string of the molecule is Nc1nc(/C(=N/OC(c2ccccc2)(c2ccccc2)c2ccccc2)C(=O)N[C@H]2C(=O)N3C(C(=O)OC(c4ccccc4)c4ccccc4)=C(Sc4nncs4)CCC23)c(Cl)s1. The second kappa shape index (κ2) is 18.4. The number of carbonyl (C=O) groups excluding carboxylic acids is 3. The molecule has 63 heavy (non-hydrogen) atoms. The minimum absolute atomic E-state index is 0.0141. The van der Waals surface area contributed by atoms with E-state index >= 15 is 0 Å². The predicted octanol–water partition coefficient (Wildman–Crippen LogP) is 8.77. The number of nitrogens with one attached hydrogen (secondary N) is 1. The highest BCUT2D eigenvalue weighted by Gasteiger charge is 2.54. The Hall–Kier alpha value is -6.65. The first-order chi connectivity index (χ1) is 30.8. The number of allylic oxidation sites excluding steroid dienone is 1. The summed E-state index contributed by atoms with van der Waals surface area (Å²) in [7, 11) is 0. The van der Waals surface area contributed by atoms with E-state index in [0.29, 0.717) is 22.1 Å². The minimum Gasteiger partial charge on any atom is -0.448 e. The van der Waals surface area contributed by atoms with Crippen molar-refractivity contribution >= 4 is 74.7 Å². The van der Waals surface area contributed by atoms with Crippen molar-refractivity contribution in [1.29, 1.82) is 0 Å². The Labute approximate surface area is 379 Å². The molecule has 3 N–H and O–H groups in total. The second-order valence-corrected chi connectivity index (χ2v) is 18.2. The van der Waals surface area contributed by atoms with Crippen molar-refractivity contribution in [3.8, 4) is 0 Å². The number of carbonyl (C=O) groups is 3. The van der Waals surface area contributed by atoms with Crippen molar-refractivity contribution in [3.05, 3.63) is 206 Å². The van der Waals surface area contributed by atoms with Crippen molar-refractivity contribution < 1.29 is 24.0 Å². The maximum Gasteiger partial charge on any atom is 0.356 e. The van der Waals surface area contributed by atoms with Gasteiger partial charge < -0.3 is 20.6 Å². The molecule has 5 aromatic carbocycles. The quantitative estimate of drug-likeness (QED) is 0.0355. The third-order valence-corrected chi connectivity index (χ3v) is 13.7. The molecule has 1 saturated heterocycles. The maximum atomic E-state index is 14.7. The van der Waals surface area contributed by atoms with Crippen molar-refractivity contribution in [3.63, 3.8) is 0 Å². The number of esters is 1. The van der Waals surface area contributed by atoms with Crippen LogP contribution in [0.2, 0.25) is 4.34 Å². The Bertz CT molecular complexity index is 2660. The molecule has 2 aromatic heterocycles. The normalized spacial score (nSPS) is 16.3. The fourth-order valence-corrected chi connectivity index (χ4v) is 10.5. The first kappa shape index (κ1) is 41.7. The fraction of sp³-hybridized carbons (Fsp3) is 0.128. The summed E-state index contributed by atoms with van der Waals surface area (Å²) in [4.78, 5) is 56.7. The number of nitrogens with two attached hydrogens (primary N) is 1. The number of hydrogen-bond acceptors (Lipinski definition) is 13. The average Bonchev–Trinajstić information content (AvgIpc) is 3.97. The molecule has 2 atom stereocenters. The minimum atomic E-state index is -1.35. The summed E-state index contributed by atoms with van der Waals surface area (Å²) in [6.07, 6.45) is 0.0432. The van der Waals surface area contributed by atoms with Crippen molar-refractivity contribution in [1.82, 2.24) is 25.4 Å². The third-order valence-electron chi connectivity index (χ3n) is 10.7. The number of thioether (sulfide) groups is 1. The van der Waals surface area contributed by atoms with Crippen LogP contribution in [-0.2, 0) is 29.6 Å². The predicted molar refractivity (Wildman–Crippen MR) is 244 cm³/mol. The first-order valence-electron chi connectivity index (χ1n) is 19.8. The lowest BCUT2D eigenvalue weighted by atomic mass is 9.80. The fourth-order valence-electron chi connectivity index (χ4n) is 7.83. The van der Waals surface area contributed by atoms with Crippen LogP contribution in [0.1, 0.15) is 52.5 Å². The summed E-state index contributed by atoms with van der Waals surface area (Å²) in [5.74, 6) is -1.98. The van der Waals surface area contributed by atoms with E-state index < -0.39 is 41.6 Å². The summed E-state index contributed by atoms with van der Waals surface area (Å²) in [6.45, 7) is 0. The molecule has 314 valence electrons. The molecular weight excluding hydrogens is 874 g/mol. The average molecular weight is 911 g/mol. The van der Waals surface area contributed by atoms with Gasteiger partial charge in [-0.2, -0.15) is 0 Å². The molecule has 0 spiro atoms. The van der Waals surface area contributed by atoms with E-state index in [0.717, 1.165) is 39.2 Å². The highest BCUT2D eigenvalue weighted by atomic mass is 35.5. The van der Waals surface area contributed by atoms with Gasteiger partial charge in [-0.15, -0.1) is 10.2 Å². The van der Waals surface area contributed by atoms with Gasteiger partial charge in [-0.05, 0) is 24.0 Å². The monoisotopic (exact) mass is 909 g/mol. The number of halogens is 1. The van der Waals surface area contributed by atoms with E-state index in [4.69, 9.17) is 26.9 Å². The molecule has 2 aliphatic rings. The number of ether oxygens (including phenoxy) is 1. The standard InChI is InChI=1S/C47H36ClN7O5S3/c48-41-37(52-45(49)63-41)38(54-60-47(31-20-10-3-11-21-31,32-22-12-4-13-23-32)33-24-14-5-15-25-33)42(56)51-36-34-26-27-35(62-46-53-50-28-61-46)39(55(34)43(36)57)44(58)59-40(29-16-6-1-7-17-29)30-18-8-2-9-19-30/h1-25,28,34,36,40H,26-27H2,(H2,49,52)(H,51,56)/b54-38-/t34?,36-/m1/s1. The molecule has 9 rings (SSSR count). The number of rotatable bonds is 14. The van der Waals surface area contributed by atoms with Crippen LogP contribution in [0.25, 0.3) is 0 Å².